The number of carbonyl (C=O) groups is 3. The number of amides is 2. The number of hydrogen-bond donors (Lipinski definition) is 2. The number of esters is 1. The van der Waals surface area contributed by atoms with Crippen LogP contribution in [0.25, 0.3) is 11.0 Å². The van der Waals surface area contributed by atoms with Gasteiger partial charge in [-0.1, -0.05) is 12.1 Å². The summed E-state index contributed by atoms with van der Waals surface area (Å²) in [4.78, 5) is 39.0. The molecule has 2 aromatic carbocycles. The second-order valence-electron chi connectivity index (χ2n) is 5.51. The number of aromatic nitrogens is 2. The fourth-order valence-electron chi connectivity index (χ4n) is 2.38. The molecule has 0 fully saturated rings. The number of nitrogens with one attached hydrogen (secondary N) is 1. The summed E-state index contributed by atoms with van der Waals surface area (Å²) >= 11 is 0. The van der Waals surface area contributed by atoms with Crippen LogP contribution in [0.2, 0.25) is 0 Å². The maximum atomic E-state index is 11.9. The van der Waals surface area contributed by atoms with Gasteiger partial charge in [-0.2, -0.15) is 0 Å². The van der Waals surface area contributed by atoms with Gasteiger partial charge in [-0.3, -0.25) is 14.4 Å². The highest BCUT2D eigenvalue weighted by molar-refractivity contribution is 5.95. The first-order chi connectivity index (χ1) is 12.5. The molecule has 1 heterocycles. The van der Waals surface area contributed by atoms with Crippen LogP contribution in [-0.2, 0) is 20.9 Å². The maximum absolute atomic E-state index is 11.9. The zero-order valence-corrected chi connectivity index (χ0v) is 13.7. The van der Waals surface area contributed by atoms with Crippen molar-refractivity contribution >= 4 is 34.5 Å². The van der Waals surface area contributed by atoms with Crippen molar-refractivity contribution in [2.45, 2.75) is 6.54 Å². The molecule has 1 aromatic heterocycles. The number of imidazole rings is 1. The highest BCUT2D eigenvalue weighted by Gasteiger charge is 2.11. The first-order valence-corrected chi connectivity index (χ1v) is 7.78. The average molecular weight is 352 g/mol. The molecule has 0 spiro atoms. The zero-order valence-electron chi connectivity index (χ0n) is 13.7. The summed E-state index contributed by atoms with van der Waals surface area (Å²) in [5.41, 5.74) is 7.53. The lowest BCUT2D eigenvalue weighted by molar-refractivity contribution is -0.147. The Morgan fingerprint density at radius 3 is 2.54 bits per heavy atom. The standard InChI is InChI=1S/C18H16N4O4/c19-18(25)12-5-7-13(8-6-12)21-16(23)10-26-17(24)9-22-11-20-14-3-1-2-4-15(14)22/h1-8,11H,9-10H2,(H2,19,25)(H,21,23). The van der Waals surface area contributed by atoms with Gasteiger partial charge < -0.3 is 20.4 Å². The van der Waals surface area contributed by atoms with Gasteiger partial charge in [0.15, 0.2) is 6.61 Å². The van der Waals surface area contributed by atoms with Crippen molar-refractivity contribution in [2.24, 2.45) is 5.73 Å². The van der Waals surface area contributed by atoms with E-state index in [9.17, 15) is 14.4 Å². The molecule has 8 nitrogen and oxygen atoms in total. The number of carbonyl (C=O) groups excluding carboxylic acids is 3. The highest BCUT2D eigenvalue weighted by Crippen LogP contribution is 2.12. The Bertz CT molecular complexity index is 963. The third kappa shape index (κ3) is 4.04. The molecular formula is C18H16N4O4. The van der Waals surface area contributed by atoms with Crippen molar-refractivity contribution in [3.8, 4) is 0 Å². The molecular weight excluding hydrogens is 336 g/mol. The topological polar surface area (TPSA) is 116 Å². The monoisotopic (exact) mass is 352 g/mol. The summed E-state index contributed by atoms with van der Waals surface area (Å²) in [5.74, 6) is -1.59. The van der Waals surface area contributed by atoms with Crippen molar-refractivity contribution in [3.05, 3.63) is 60.4 Å². The van der Waals surface area contributed by atoms with Gasteiger partial charge >= 0.3 is 5.97 Å². The molecule has 0 aliphatic carbocycles. The Morgan fingerprint density at radius 1 is 1.08 bits per heavy atom. The molecule has 2 amide bonds. The van der Waals surface area contributed by atoms with Gasteiger partial charge in [0.05, 0.1) is 17.4 Å². The van der Waals surface area contributed by atoms with Crippen molar-refractivity contribution < 1.29 is 19.1 Å². The molecule has 0 atom stereocenters. The minimum Gasteiger partial charge on any atom is -0.454 e. The Morgan fingerprint density at radius 2 is 1.81 bits per heavy atom. The summed E-state index contributed by atoms with van der Waals surface area (Å²) in [6.07, 6.45) is 1.55. The molecule has 0 aliphatic rings. The Hall–Kier alpha value is -3.68. The third-order valence-corrected chi connectivity index (χ3v) is 3.64. The minimum absolute atomic E-state index is 0.0406. The van der Waals surface area contributed by atoms with E-state index in [-0.39, 0.29) is 6.54 Å². The summed E-state index contributed by atoms with van der Waals surface area (Å²) in [5, 5.41) is 2.56. The number of nitrogens with two attached hydrogens (primary N) is 1. The van der Waals surface area contributed by atoms with Gasteiger partial charge in [0.25, 0.3) is 5.91 Å². The molecule has 8 heteroatoms. The first kappa shape index (κ1) is 17.2. The lowest BCUT2D eigenvalue weighted by Gasteiger charge is -2.08. The molecule has 26 heavy (non-hydrogen) atoms. The number of hydrogen-bond acceptors (Lipinski definition) is 5. The SMILES string of the molecule is NC(=O)c1ccc(NC(=O)COC(=O)Cn2cnc3ccccc32)cc1. The van der Waals surface area contributed by atoms with Gasteiger partial charge in [0.1, 0.15) is 6.54 Å². The molecule has 0 saturated heterocycles. The van der Waals surface area contributed by atoms with E-state index < -0.39 is 24.4 Å². The number of para-hydroxylation sites is 2. The quantitative estimate of drug-likeness (QED) is 0.649. The zero-order chi connectivity index (χ0) is 18.5. The largest absolute Gasteiger partial charge is 0.454 e. The van der Waals surface area contributed by atoms with Crippen molar-refractivity contribution in [1.82, 2.24) is 9.55 Å². The van der Waals surface area contributed by atoms with E-state index in [0.717, 1.165) is 11.0 Å². The smallest absolute Gasteiger partial charge is 0.326 e. The number of anilines is 1. The third-order valence-electron chi connectivity index (χ3n) is 3.64. The van der Waals surface area contributed by atoms with Crippen LogP contribution in [0, 0.1) is 0 Å². The number of rotatable bonds is 6. The average Bonchev–Trinajstić information content (AvgIpc) is 3.03. The summed E-state index contributed by atoms with van der Waals surface area (Å²) in [7, 11) is 0. The van der Waals surface area contributed by atoms with Gasteiger partial charge in [0.2, 0.25) is 5.91 Å². The Kier molecular flexibility index (Phi) is 4.93. The molecule has 0 unspecified atom stereocenters. The molecule has 3 rings (SSSR count). The first-order valence-electron chi connectivity index (χ1n) is 7.78. The minimum atomic E-state index is -0.552. The number of ether oxygens (including phenoxy) is 1. The molecule has 0 bridgehead atoms. The van der Waals surface area contributed by atoms with E-state index in [2.05, 4.69) is 10.3 Å². The summed E-state index contributed by atoms with van der Waals surface area (Å²) in [6, 6.07) is 13.5. The van der Waals surface area contributed by atoms with Gasteiger partial charge in [-0.15, -0.1) is 0 Å². The summed E-state index contributed by atoms with van der Waals surface area (Å²) < 4.78 is 6.64. The molecule has 3 N–H and O–H groups in total. The van der Waals surface area contributed by atoms with Gasteiger partial charge in [0, 0.05) is 11.3 Å². The lowest BCUT2D eigenvalue weighted by Crippen LogP contribution is -2.22. The fraction of sp³-hybridized carbons (Fsp3) is 0.111. The molecule has 0 radical (unpaired) electrons. The Balaban J connectivity index is 1.51. The van der Waals surface area contributed by atoms with Crippen molar-refractivity contribution in [3.63, 3.8) is 0 Å². The van der Waals surface area contributed by atoms with Crippen molar-refractivity contribution in [1.29, 1.82) is 0 Å². The highest BCUT2D eigenvalue weighted by atomic mass is 16.5. The lowest BCUT2D eigenvalue weighted by atomic mass is 10.2. The van der Waals surface area contributed by atoms with Crippen LogP contribution in [0.15, 0.2) is 54.9 Å². The van der Waals surface area contributed by atoms with E-state index >= 15 is 0 Å². The van der Waals surface area contributed by atoms with E-state index in [1.807, 2.05) is 24.3 Å². The van der Waals surface area contributed by atoms with Crippen LogP contribution in [0.4, 0.5) is 5.69 Å². The van der Waals surface area contributed by atoms with Crippen LogP contribution in [0.3, 0.4) is 0 Å². The summed E-state index contributed by atoms with van der Waals surface area (Å²) in [6.45, 7) is -0.454. The van der Waals surface area contributed by atoms with Gasteiger partial charge in [-0.25, -0.2) is 4.98 Å². The predicted octanol–water partition coefficient (Wildman–Crippen LogP) is 1.32. The second-order valence-corrected chi connectivity index (χ2v) is 5.51. The number of nitrogens with zero attached hydrogens (tertiary/aromatic N) is 2. The molecule has 3 aromatic rings. The van der Waals surface area contributed by atoms with E-state index in [0.29, 0.717) is 11.3 Å². The maximum Gasteiger partial charge on any atom is 0.326 e. The number of primary amides is 1. The van der Waals surface area contributed by atoms with Crippen LogP contribution in [0.1, 0.15) is 10.4 Å². The molecule has 0 saturated carbocycles. The second kappa shape index (κ2) is 7.47. The van der Waals surface area contributed by atoms with Gasteiger partial charge in [-0.05, 0) is 36.4 Å². The van der Waals surface area contributed by atoms with Crippen LogP contribution in [-0.4, -0.2) is 33.9 Å². The van der Waals surface area contributed by atoms with Crippen LogP contribution < -0.4 is 11.1 Å². The Labute approximate surface area is 148 Å². The predicted molar refractivity (Wildman–Crippen MR) is 94.3 cm³/mol. The number of fused-ring (bicyclic) bond motifs is 1. The fourth-order valence-corrected chi connectivity index (χ4v) is 2.38. The van der Waals surface area contributed by atoms with Crippen molar-refractivity contribution in [2.75, 3.05) is 11.9 Å². The van der Waals surface area contributed by atoms with E-state index in [1.54, 1.807) is 10.9 Å². The molecule has 132 valence electrons. The normalized spacial score (nSPS) is 10.5. The van der Waals surface area contributed by atoms with Crippen LogP contribution >= 0.6 is 0 Å². The number of benzene rings is 2. The molecule has 0 aliphatic heterocycles. The van der Waals surface area contributed by atoms with E-state index in [4.69, 9.17) is 10.5 Å². The van der Waals surface area contributed by atoms with E-state index in [1.165, 1.54) is 24.3 Å². The van der Waals surface area contributed by atoms with Crippen LogP contribution in [0.5, 0.6) is 0 Å².